The molecule has 1 N–H and O–H groups in total. The lowest BCUT2D eigenvalue weighted by Gasteiger charge is -2.06. The van der Waals surface area contributed by atoms with Crippen molar-refractivity contribution in [2.75, 3.05) is 0 Å². The van der Waals surface area contributed by atoms with Crippen LogP contribution in [0.25, 0.3) is 4.96 Å². The van der Waals surface area contributed by atoms with Crippen LogP contribution in [0.5, 0.6) is 0 Å². The predicted molar refractivity (Wildman–Crippen MR) is 85.1 cm³/mol. The number of aryl methyl sites for hydroxylation is 1. The zero-order chi connectivity index (χ0) is 15.7. The van der Waals surface area contributed by atoms with Gasteiger partial charge in [0.25, 0.3) is 5.91 Å². The van der Waals surface area contributed by atoms with Crippen LogP contribution < -0.4 is 5.32 Å². The van der Waals surface area contributed by atoms with E-state index in [0.717, 1.165) is 17.0 Å². The third kappa shape index (κ3) is 2.71. The smallest absolute Gasteiger partial charge is 0.282 e. The van der Waals surface area contributed by atoms with Crippen molar-refractivity contribution in [3.63, 3.8) is 0 Å². The summed E-state index contributed by atoms with van der Waals surface area (Å²) in [7, 11) is 0. The fourth-order valence-corrected chi connectivity index (χ4v) is 2.91. The summed E-state index contributed by atoms with van der Waals surface area (Å²) >= 11 is 1.25. The van der Waals surface area contributed by atoms with E-state index in [9.17, 15) is 4.79 Å². The van der Waals surface area contributed by atoms with Gasteiger partial charge in [0.1, 0.15) is 0 Å². The van der Waals surface area contributed by atoms with E-state index >= 15 is 0 Å². The third-order valence-corrected chi connectivity index (χ3v) is 4.32. The van der Waals surface area contributed by atoms with Crippen LogP contribution in [0, 0.1) is 6.92 Å². The van der Waals surface area contributed by atoms with Crippen molar-refractivity contribution >= 4 is 22.2 Å². The van der Waals surface area contributed by atoms with E-state index in [1.165, 1.54) is 11.3 Å². The Morgan fingerprint density at radius 3 is 2.82 bits per heavy atom. The largest absolute Gasteiger partial charge is 0.346 e. The van der Waals surface area contributed by atoms with Crippen molar-refractivity contribution in [2.24, 2.45) is 0 Å². The topological polar surface area (TPSA) is 72.2 Å². The van der Waals surface area contributed by atoms with Crippen LogP contribution in [0.4, 0.5) is 0 Å². The average molecular weight is 315 g/mol. The van der Waals surface area contributed by atoms with Crippen LogP contribution in [-0.4, -0.2) is 25.7 Å². The van der Waals surface area contributed by atoms with Gasteiger partial charge in [-0.15, -0.1) is 15.3 Å². The van der Waals surface area contributed by atoms with Gasteiger partial charge in [0.2, 0.25) is 9.97 Å². The molecule has 0 spiro atoms. The van der Waals surface area contributed by atoms with Crippen molar-refractivity contribution < 1.29 is 4.79 Å². The number of hydrogen-bond acceptors (Lipinski definition) is 5. The second kappa shape index (κ2) is 5.84. The standard InChI is InChI=1S/C15H17N5OS/c1-9(2)12-17-18-15-20(12)19-14(22-15)13(21)16-8-11-7-5-4-6-10(11)3/h4-7,9H,8H2,1-3H3,(H,16,21). The molecule has 0 unspecified atom stereocenters. The van der Waals surface area contributed by atoms with Crippen molar-refractivity contribution in [1.29, 1.82) is 0 Å². The SMILES string of the molecule is Cc1ccccc1CNC(=O)c1nn2c(C(C)C)nnc2s1. The molecule has 3 rings (SSSR count). The Labute approximate surface area is 132 Å². The van der Waals surface area contributed by atoms with Gasteiger partial charge in [0, 0.05) is 12.5 Å². The van der Waals surface area contributed by atoms with Crippen LogP contribution in [0.15, 0.2) is 24.3 Å². The third-order valence-electron chi connectivity index (χ3n) is 3.43. The molecule has 2 heterocycles. The zero-order valence-electron chi connectivity index (χ0n) is 12.7. The van der Waals surface area contributed by atoms with Gasteiger partial charge < -0.3 is 5.32 Å². The second-order valence-corrected chi connectivity index (χ2v) is 6.38. The summed E-state index contributed by atoms with van der Waals surface area (Å²) in [5.41, 5.74) is 2.25. The van der Waals surface area contributed by atoms with Crippen molar-refractivity contribution in [3.8, 4) is 0 Å². The predicted octanol–water partition coefficient (Wildman–Crippen LogP) is 2.55. The van der Waals surface area contributed by atoms with Gasteiger partial charge in [-0.2, -0.15) is 4.52 Å². The maximum absolute atomic E-state index is 12.3. The molecule has 0 saturated heterocycles. The fraction of sp³-hybridized carbons (Fsp3) is 0.333. The molecule has 114 valence electrons. The van der Waals surface area contributed by atoms with Gasteiger partial charge in [-0.1, -0.05) is 49.4 Å². The molecule has 6 nitrogen and oxygen atoms in total. The van der Waals surface area contributed by atoms with Crippen molar-refractivity contribution in [2.45, 2.75) is 33.2 Å². The number of aromatic nitrogens is 4. The summed E-state index contributed by atoms with van der Waals surface area (Å²) in [6, 6.07) is 7.98. The molecule has 22 heavy (non-hydrogen) atoms. The van der Waals surface area contributed by atoms with Crippen LogP contribution in [0.1, 0.15) is 46.5 Å². The highest BCUT2D eigenvalue weighted by molar-refractivity contribution is 7.18. The molecule has 0 saturated carbocycles. The van der Waals surface area contributed by atoms with E-state index in [4.69, 9.17) is 0 Å². The Morgan fingerprint density at radius 2 is 2.09 bits per heavy atom. The minimum absolute atomic E-state index is 0.187. The van der Waals surface area contributed by atoms with Gasteiger partial charge in [0.15, 0.2) is 5.82 Å². The van der Waals surface area contributed by atoms with E-state index in [2.05, 4.69) is 20.6 Å². The highest BCUT2D eigenvalue weighted by Crippen LogP contribution is 2.18. The van der Waals surface area contributed by atoms with Crippen LogP contribution >= 0.6 is 11.3 Å². The summed E-state index contributed by atoms with van der Waals surface area (Å²) < 4.78 is 1.65. The Balaban J connectivity index is 1.76. The maximum Gasteiger partial charge on any atom is 0.282 e. The molecule has 0 radical (unpaired) electrons. The number of benzene rings is 1. The Kier molecular flexibility index (Phi) is 3.89. The number of nitrogens with zero attached hydrogens (tertiary/aromatic N) is 4. The normalized spacial score (nSPS) is 11.3. The minimum atomic E-state index is -0.187. The van der Waals surface area contributed by atoms with E-state index in [1.54, 1.807) is 4.52 Å². The first-order valence-corrected chi connectivity index (χ1v) is 7.92. The molecule has 0 bridgehead atoms. The number of amides is 1. The average Bonchev–Trinajstić information content (AvgIpc) is 3.05. The lowest BCUT2D eigenvalue weighted by molar-refractivity contribution is 0.0949. The van der Waals surface area contributed by atoms with Crippen LogP contribution in [0.2, 0.25) is 0 Å². The molecule has 1 amide bonds. The zero-order valence-corrected chi connectivity index (χ0v) is 13.5. The Bertz CT molecular complexity index is 820. The molecule has 2 aromatic heterocycles. The fourth-order valence-electron chi connectivity index (χ4n) is 2.14. The van der Waals surface area contributed by atoms with Gasteiger partial charge in [-0.25, -0.2) is 0 Å². The van der Waals surface area contributed by atoms with Gasteiger partial charge in [-0.3, -0.25) is 4.79 Å². The number of nitrogens with one attached hydrogen (secondary N) is 1. The molecule has 0 atom stereocenters. The van der Waals surface area contributed by atoms with E-state index < -0.39 is 0 Å². The lowest BCUT2D eigenvalue weighted by Crippen LogP contribution is -2.23. The van der Waals surface area contributed by atoms with Gasteiger partial charge in [0.05, 0.1) is 0 Å². The summed E-state index contributed by atoms with van der Waals surface area (Å²) in [6.45, 7) is 6.56. The number of fused-ring (bicyclic) bond motifs is 1. The first kappa shape index (κ1) is 14.6. The van der Waals surface area contributed by atoms with E-state index in [-0.39, 0.29) is 11.8 Å². The summed E-state index contributed by atoms with van der Waals surface area (Å²) in [5.74, 6) is 0.789. The molecule has 3 aromatic rings. The molecular weight excluding hydrogens is 298 g/mol. The maximum atomic E-state index is 12.3. The Morgan fingerprint density at radius 1 is 1.32 bits per heavy atom. The van der Waals surface area contributed by atoms with E-state index in [0.29, 0.717) is 16.5 Å². The molecule has 0 aliphatic rings. The quantitative estimate of drug-likeness (QED) is 0.803. The van der Waals surface area contributed by atoms with Gasteiger partial charge >= 0.3 is 0 Å². The van der Waals surface area contributed by atoms with Gasteiger partial charge in [-0.05, 0) is 18.1 Å². The molecule has 7 heteroatoms. The monoisotopic (exact) mass is 315 g/mol. The van der Waals surface area contributed by atoms with Crippen molar-refractivity contribution in [3.05, 3.63) is 46.2 Å². The van der Waals surface area contributed by atoms with Crippen LogP contribution in [-0.2, 0) is 6.54 Å². The Hall–Kier alpha value is -2.28. The first-order valence-electron chi connectivity index (χ1n) is 7.11. The summed E-state index contributed by atoms with van der Waals surface area (Å²) in [5, 5.41) is 15.8. The number of carbonyl (C=O) groups is 1. The molecule has 1 aromatic carbocycles. The minimum Gasteiger partial charge on any atom is -0.346 e. The highest BCUT2D eigenvalue weighted by atomic mass is 32.1. The summed E-state index contributed by atoms with van der Waals surface area (Å²) in [4.78, 5) is 12.9. The number of hydrogen-bond donors (Lipinski definition) is 1. The van der Waals surface area contributed by atoms with Crippen molar-refractivity contribution in [1.82, 2.24) is 25.1 Å². The molecule has 0 aliphatic carbocycles. The highest BCUT2D eigenvalue weighted by Gasteiger charge is 2.18. The lowest BCUT2D eigenvalue weighted by atomic mass is 10.1. The summed E-state index contributed by atoms with van der Waals surface area (Å²) in [6.07, 6.45) is 0. The van der Waals surface area contributed by atoms with Crippen LogP contribution in [0.3, 0.4) is 0 Å². The second-order valence-electron chi connectivity index (χ2n) is 5.42. The molecular formula is C15H17N5OS. The first-order chi connectivity index (χ1) is 10.6. The number of rotatable bonds is 4. The molecule has 0 aliphatic heterocycles. The van der Waals surface area contributed by atoms with E-state index in [1.807, 2.05) is 45.0 Å². The number of carbonyl (C=O) groups excluding carboxylic acids is 1. The molecule has 0 fully saturated rings.